The molecule has 4 N–H and O–H groups in total. The van der Waals surface area contributed by atoms with E-state index in [9.17, 15) is 0 Å². The lowest BCUT2D eigenvalue weighted by molar-refractivity contribution is 0.976. The average Bonchev–Trinajstić information content (AvgIpc) is 1.37. The van der Waals surface area contributed by atoms with Crippen LogP contribution in [0.2, 0.25) is 0 Å². The normalized spacial score (nSPS) is 5.00. The predicted octanol–water partition coefficient (Wildman–Crippen LogP) is -2.93. The summed E-state index contributed by atoms with van der Waals surface area (Å²) in [4.78, 5) is 0. The lowest BCUT2D eigenvalue weighted by atomic mass is 10.7. The zero-order chi connectivity index (χ0) is 3.41. The van der Waals surface area contributed by atoms with Gasteiger partial charge < -0.3 is 11.5 Å². The quantitative estimate of drug-likeness (QED) is 0.357. The minimum absolute atomic E-state index is 0. The van der Waals surface area contributed by atoms with Gasteiger partial charge in [0.05, 0.1) is 0 Å². The number of hydrogen-bond donors (Lipinski definition) is 2. The second-order valence-electron chi connectivity index (χ2n) is 0.577. The fourth-order valence-electron chi connectivity index (χ4n) is 0. The largest absolute Gasteiger partial charge is 0.329 e. The van der Waals surface area contributed by atoms with Crippen LogP contribution in [0.15, 0.2) is 0 Å². The Labute approximate surface area is 70.3 Å². The van der Waals surface area contributed by atoms with Crippen molar-refractivity contribution < 1.29 is 0 Å². The van der Waals surface area contributed by atoms with E-state index >= 15 is 0 Å². The first-order chi connectivity index (χ1) is 1.91. The van der Waals surface area contributed by atoms with Gasteiger partial charge in [-0.15, -0.1) is 0 Å². The molecule has 0 aromatic carbocycles. The molecule has 0 saturated heterocycles. The molecule has 0 amide bonds. The van der Waals surface area contributed by atoms with E-state index in [0.29, 0.717) is 13.1 Å². The fourth-order valence-corrected chi connectivity index (χ4v) is 0. The van der Waals surface area contributed by atoms with Crippen molar-refractivity contribution in [1.29, 1.82) is 0 Å². The molecule has 0 aliphatic heterocycles. The standard InChI is InChI=1S/C2H8N2.2Mg.4H/c3-1-2-4;;;;;;/h1-4H2;;;;;;. The summed E-state index contributed by atoms with van der Waals surface area (Å²) in [6.45, 7) is 1.19. The average molecular weight is 113 g/mol. The molecule has 0 spiro atoms. The van der Waals surface area contributed by atoms with Crippen LogP contribution in [0.25, 0.3) is 0 Å². The van der Waals surface area contributed by atoms with Crippen LogP contribution >= 0.6 is 0 Å². The van der Waals surface area contributed by atoms with Crippen molar-refractivity contribution in [2.45, 2.75) is 0 Å². The lowest BCUT2D eigenvalue weighted by Gasteiger charge is -1.72. The molecule has 0 aliphatic rings. The minimum atomic E-state index is 0. The summed E-state index contributed by atoms with van der Waals surface area (Å²) in [6, 6.07) is 0. The third kappa shape index (κ3) is 18.0. The molecule has 6 heavy (non-hydrogen) atoms. The van der Waals surface area contributed by atoms with Gasteiger partial charge in [-0.25, -0.2) is 0 Å². The van der Waals surface area contributed by atoms with E-state index in [-0.39, 0.29) is 46.1 Å². The number of hydrogen-bond acceptors (Lipinski definition) is 2. The summed E-state index contributed by atoms with van der Waals surface area (Å²) < 4.78 is 0. The molecule has 0 aliphatic carbocycles. The molecule has 2 nitrogen and oxygen atoms in total. The first-order valence-corrected chi connectivity index (χ1v) is 1.32. The summed E-state index contributed by atoms with van der Waals surface area (Å²) in [6.07, 6.45) is 0. The molecule has 0 radical (unpaired) electrons. The van der Waals surface area contributed by atoms with Crippen molar-refractivity contribution in [3.8, 4) is 0 Å². The van der Waals surface area contributed by atoms with Crippen molar-refractivity contribution in [2.24, 2.45) is 11.5 Å². The maximum Gasteiger partial charge on any atom is 0.316 e. The van der Waals surface area contributed by atoms with E-state index in [4.69, 9.17) is 11.5 Å². The van der Waals surface area contributed by atoms with E-state index in [0.717, 1.165) is 0 Å². The zero-order valence-corrected chi connectivity index (χ0v) is 2.57. The van der Waals surface area contributed by atoms with Gasteiger partial charge in [0.1, 0.15) is 0 Å². The lowest BCUT2D eigenvalue weighted by Crippen LogP contribution is -2.11. The van der Waals surface area contributed by atoms with Crippen LogP contribution in [-0.4, -0.2) is 59.2 Å². The Bertz CT molecular complexity index is 11.5. The first kappa shape index (κ1) is 15.7. The Hall–Kier alpha value is 1.45. The summed E-state index contributed by atoms with van der Waals surface area (Å²) in [7, 11) is 0. The topological polar surface area (TPSA) is 52.0 Å². The van der Waals surface area contributed by atoms with Crippen molar-refractivity contribution >= 4 is 46.1 Å². The Morgan fingerprint density at radius 3 is 1.00 bits per heavy atom. The van der Waals surface area contributed by atoms with Crippen molar-refractivity contribution in [3.05, 3.63) is 0 Å². The van der Waals surface area contributed by atoms with E-state index in [1.54, 1.807) is 0 Å². The van der Waals surface area contributed by atoms with Crippen LogP contribution in [0.1, 0.15) is 0 Å². The van der Waals surface area contributed by atoms with Crippen LogP contribution in [0.5, 0.6) is 0 Å². The molecule has 4 heteroatoms. The second kappa shape index (κ2) is 16.1. The maximum atomic E-state index is 4.90. The third-order valence-corrected chi connectivity index (χ3v) is 0.167. The molecule has 0 unspecified atom stereocenters. The fraction of sp³-hybridized carbons (Fsp3) is 1.00. The molecule has 0 aromatic heterocycles. The molecule has 0 fully saturated rings. The van der Waals surface area contributed by atoms with Gasteiger partial charge in [0, 0.05) is 13.1 Å². The summed E-state index contributed by atoms with van der Waals surface area (Å²) in [5.41, 5.74) is 9.81. The highest BCUT2D eigenvalue weighted by molar-refractivity contribution is 5.76. The van der Waals surface area contributed by atoms with Gasteiger partial charge in [-0.1, -0.05) is 0 Å². The molecular formula is C2H12Mg2N2. The van der Waals surface area contributed by atoms with Gasteiger partial charge in [-0.05, 0) is 0 Å². The third-order valence-electron chi connectivity index (χ3n) is 0.167. The summed E-state index contributed by atoms with van der Waals surface area (Å²) in [5, 5.41) is 0. The van der Waals surface area contributed by atoms with Crippen LogP contribution in [-0.2, 0) is 0 Å². The summed E-state index contributed by atoms with van der Waals surface area (Å²) in [5.74, 6) is 0. The van der Waals surface area contributed by atoms with Crippen molar-refractivity contribution in [2.75, 3.05) is 13.1 Å². The smallest absolute Gasteiger partial charge is 0.316 e. The first-order valence-electron chi connectivity index (χ1n) is 1.32. The SMILES string of the molecule is NCCN.[MgH2].[MgH2]. The minimum Gasteiger partial charge on any atom is -0.329 e. The molecule has 0 rings (SSSR count). The zero-order valence-electron chi connectivity index (χ0n) is 2.57. The molecule has 34 valence electrons. The monoisotopic (exact) mass is 112 g/mol. The van der Waals surface area contributed by atoms with Crippen LogP contribution in [0.3, 0.4) is 0 Å². The molecule has 0 heterocycles. The maximum absolute atomic E-state index is 4.90. The van der Waals surface area contributed by atoms with Crippen molar-refractivity contribution in [3.63, 3.8) is 0 Å². The van der Waals surface area contributed by atoms with E-state index in [2.05, 4.69) is 0 Å². The van der Waals surface area contributed by atoms with E-state index < -0.39 is 0 Å². The molecule has 0 bridgehead atoms. The number of nitrogens with two attached hydrogens (primary N) is 2. The van der Waals surface area contributed by atoms with E-state index in [1.165, 1.54) is 0 Å². The molecule has 0 saturated carbocycles. The molecule has 0 aromatic rings. The van der Waals surface area contributed by atoms with Crippen LogP contribution in [0, 0.1) is 0 Å². The van der Waals surface area contributed by atoms with Crippen LogP contribution in [0.4, 0.5) is 0 Å². The molecule has 0 atom stereocenters. The van der Waals surface area contributed by atoms with Gasteiger partial charge in [-0.3, -0.25) is 0 Å². The predicted molar refractivity (Wildman–Crippen MR) is 35.2 cm³/mol. The van der Waals surface area contributed by atoms with Gasteiger partial charge in [0.2, 0.25) is 0 Å². The van der Waals surface area contributed by atoms with E-state index in [1.807, 2.05) is 0 Å². The highest BCUT2D eigenvalue weighted by atomic mass is 24.3. The Morgan fingerprint density at radius 1 is 0.833 bits per heavy atom. The van der Waals surface area contributed by atoms with Gasteiger partial charge >= 0.3 is 46.1 Å². The van der Waals surface area contributed by atoms with Crippen LogP contribution < -0.4 is 11.5 Å². The molecular weight excluding hydrogens is 101 g/mol. The van der Waals surface area contributed by atoms with Gasteiger partial charge in [0.15, 0.2) is 0 Å². The van der Waals surface area contributed by atoms with Gasteiger partial charge in [0.25, 0.3) is 0 Å². The highest BCUT2D eigenvalue weighted by Crippen LogP contribution is 1.24. The highest BCUT2D eigenvalue weighted by Gasteiger charge is 1.54. The number of rotatable bonds is 1. The summed E-state index contributed by atoms with van der Waals surface area (Å²) >= 11 is 0. The Balaban J connectivity index is -0.0000000450. The Morgan fingerprint density at radius 2 is 1.00 bits per heavy atom. The van der Waals surface area contributed by atoms with Gasteiger partial charge in [-0.2, -0.15) is 0 Å². The second-order valence-corrected chi connectivity index (χ2v) is 0.577. The van der Waals surface area contributed by atoms with Crippen molar-refractivity contribution in [1.82, 2.24) is 0 Å². The Kier molecular flexibility index (Phi) is 42.0.